The highest BCUT2D eigenvalue weighted by Gasteiger charge is 2.32. The maximum absolute atomic E-state index is 5.64. The standard InChI is InChI=1S/C12H24N4O/c1-12(2,3)11(17-5)10(15-13)6-9-7-14-16(4)8-9/h7-8,10-11,15H,6,13H2,1-5H3. The Morgan fingerprint density at radius 3 is 2.53 bits per heavy atom. The number of hydrogen-bond donors (Lipinski definition) is 2. The lowest BCUT2D eigenvalue weighted by molar-refractivity contribution is -0.0110. The number of aryl methyl sites for hydroxylation is 1. The van der Waals surface area contributed by atoms with Crippen molar-refractivity contribution in [3.05, 3.63) is 18.0 Å². The van der Waals surface area contributed by atoms with E-state index in [1.807, 2.05) is 19.4 Å². The molecule has 0 aliphatic rings. The fourth-order valence-corrected chi connectivity index (χ4v) is 2.21. The molecule has 0 aliphatic heterocycles. The topological polar surface area (TPSA) is 65.1 Å². The van der Waals surface area contributed by atoms with Crippen molar-refractivity contribution in [2.75, 3.05) is 7.11 Å². The van der Waals surface area contributed by atoms with Gasteiger partial charge in [-0.3, -0.25) is 16.0 Å². The Morgan fingerprint density at radius 2 is 2.18 bits per heavy atom. The lowest BCUT2D eigenvalue weighted by Crippen LogP contribution is -2.51. The Kier molecular flexibility index (Phi) is 4.68. The molecule has 0 aliphatic carbocycles. The second-order valence-electron chi connectivity index (χ2n) is 5.52. The first-order valence-electron chi connectivity index (χ1n) is 5.85. The van der Waals surface area contributed by atoms with Crippen LogP contribution in [-0.4, -0.2) is 29.0 Å². The van der Waals surface area contributed by atoms with Crippen LogP contribution < -0.4 is 11.3 Å². The van der Waals surface area contributed by atoms with Crippen LogP contribution in [0.5, 0.6) is 0 Å². The van der Waals surface area contributed by atoms with E-state index in [9.17, 15) is 0 Å². The molecule has 5 heteroatoms. The Hall–Kier alpha value is -0.910. The molecule has 2 unspecified atom stereocenters. The lowest BCUT2D eigenvalue weighted by atomic mass is 9.83. The van der Waals surface area contributed by atoms with Gasteiger partial charge >= 0.3 is 0 Å². The third-order valence-corrected chi connectivity index (χ3v) is 2.90. The predicted octanol–water partition coefficient (Wildman–Crippen LogP) is 0.856. The van der Waals surface area contributed by atoms with Crippen LogP contribution >= 0.6 is 0 Å². The number of nitrogens with two attached hydrogens (primary N) is 1. The van der Waals surface area contributed by atoms with Gasteiger partial charge in [0, 0.05) is 20.4 Å². The van der Waals surface area contributed by atoms with Crippen molar-refractivity contribution in [3.8, 4) is 0 Å². The number of ether oxygens (including phenoxy) is 1. The highest BCUT2D eigenvalue weighted by molar-refractivity contribution is 5.07. The zero-order valence-electron chi connectivity index (χ0n) is 11.4. The number of rotatable bonds is 5. The highest BCUT2D eigenvalue weighted by atomic mass is 16.5. The van der Waals surface area contributed by atoms with Crippen LogP contribution in [0.1, 0.15) is 26.3 Å². The predicted molar refractivity (Wildman–Crippen MR) is 68.3 cm³/mol. The fraction of sp³-hybridized carbons (Fsp3) is 0.750. The van der Waals surface area contributed by atoms with Gasteiger partial charge in [0.25, 0.3) is 0 Å². The zero-order chi connectivity index (χ0) is 13.1. The number of hydrogen-bond acceptors (Lipinski definition) is 4. The van der Waals surface area contributed by atoms with E-state index in [-0.39, 0.29) is 17.6 Å². The Bertz CT molecular complexity index is 343. The summed E-state index contributed by atoms with van der Waals surface area (Å²) >= 11 is 0. The van der Waals surface area contributed by atoms with E-state index < -0.39 is 0 Å². The summed E-state index contributed by atoms with van der Waals surface area (Å²) in [5.74, 6) is 5.64. The second kappa shape index (κ2) is 5.62. The number of nitrogens with one attached hydrogen (secondary N) is 1. The summed E-state index contributed by atoms with van der Waals surface area (Å²) in [6.07, 6.45) is 4.72. The third kappa shape index (κ3) is 3.80. The molecule has 1 aromatic rings. The van der Waals surface area contributed by atoms with Crippen molar-refractivity contribution >= 4 is 0 Å². The van der Waals surface area contributed by atoms with Crippen LogP contribution in [0.2, 0.25) is 0 Å². The van der Waals surface area contributed by atoms with E-state index in [0.29, 0.717) is 0 Å². The van der Waals surface area contributed by atoms with Gasteiger partial charge in [-0.05, 0) is 17.4 Å². The van der Waals surface area contributed by atoms with Crippen LogP contribution in [0.4, 0.5) is 0 Å². The second-order valence-corrected chi connectivity index (χ2v) is 5.52. The first-order valence-corrected chi connectivity index (χ1v) is 5.85. The lowest BCUT2D eigenvalue weighted by Gasteiger charge is -2.35. The van der Waals surface area contributed by atoms with Crippen LogP contribution in [-0.2, 0) is 18.2 Å². The monoisotopic (exact) mass is 240 g/mol. The molecule has 0 fully saturated rings. The molecule has 5 nitrogen and oxygen atoms in total. The van der Waals surface area contributed by atoms with E-state index in [4.69, 9.17) is 10.6 Å². The van der Waals surface area contributed by atoms with Gasteiger partial charge in [-0.2, -0.15) is 5.10 Å². The molecule has 1 heterocycles. The van der Waals surface area contributed by atoms with Gasteiger partial charge < -0.3 is 4.74 Å². The van der Waals surface area contributed by atoms with Crippen molar-refractivity contribution in [2.45, 2.75) is 39.3 Å². The molecule has 0 saturated carbocycles. The highest BCUT2D eigenvalue weighted by Crippen LogP contribution is 2.25. The zero-order valence-corrected chi connectivity index (χ0v) is 11.4. The van der Waals surface area contributed by atoms with Gasteiger partial charge in [-0.1, -0.05) is 20.8 Å². The number of methoxy groups -OCH3 is 1. The first-order chi connectivity index (χ1) is 7.88. The molecule has 0 bridgehead atoms. The van der Waals surface area contributed by atoms with Crippen LogP contribution in [0.15, 0.2) is 12.4 Å². The van der Waals surface area contributed by atoms with Gasteiger partial charge in [0.1, 0.15) is 0 Å². The maximum Gasteiger partial charge on any atom is 0.0789 e. The van der Waals surface area contributed by atoms with Crippen molar-refractivity contribution in [3.63, 3.8) is 0 Å². The number of aromatic nitrogens is 2. The summed E-state index contributed by atoms with van der Waals surface area (Å²) in [7, 11) is 3.63. The van der Waals surface area contributed by atoms with Crippen molar-refractivity contribution in [2.24, 2.45) is 18.3 Å². The minimum absolute atomic E-state index is 0.0357. The largest absolute Gasteiger partial charge is 0.379 e. The Balaban J connectivity index is 2.76. The summed E-state index contributed by atoms with van der Waals surface area (Å²) in [4.78, 5) is 0. The molecule has 98 valence electrons. The van der Waals surface area contributed by atoms with E-state index in [0.717, 1.165) is 12.0 Å². The Morgan fingerprint density at radius 1 is 1.53 bits per heavy atom. The maximum atomic E-state index is 5.64. The summed E-state index contributed by atoms with van der Waals surface area (Å²) in [6, 6.07) is 0.0733. The van der Waals surface area contributed by atoms with Crippen LogP contribution in [0.3, 0.4) is 0 Å². The smallest absolute Gasteiger partial charge is 0.0789 e. The molecule has 1 aromatic heterocycles. The quantitative estimate of drug-likeness (QED) is 0.592. The molecular weight excluding hydrogens is 216 g/mol. The molecule has 17 heavy (non-hydrogen) atoms. The summed E-state index contributed by atoms with van der Waals surface area (Å²) < 4.78 is 7.37. The minimum Gasteiger partial charge on any atom is -0.379 e. The van der Waals surface area contributed by atoms with Gasteiger partial charge in [0.15, 0.2) is 0 Å². The van der Waals surface area contributed by atoms with Gasteiger partial charge in [-0.25, -0.2) is 0 Å². The van der Waals surface area contributed by atoms with Crippen molar-refractivity contribution in [1.82, 2.24) is 15.2 Å². The Labute approximate surface area is 103 Å². The third-order valence-electron chi connectivity index (χ3n) is 2.90. The SMILES string of the molecule is COC(C(Cc1cnn(C)c1)NN)C(C)(C)C. The molecule has 0 aromatic carbocycles. The average Bonchev–Trinajstić information content (AvgIpc) is 2.61. The summed E-state index contributed by atoms with van der Waals surface area (Å²) in [6.45, 7) is 6.44. The minimum atomic E-state index is 0.0357. The molecule has 0 radical (unpaired) electrons. The van der Waals surface area contributed by atoms with Gasteiger partial charge in [0.05, 0.1) is 18.3 Å². The van der Waals surface area contributed by atoms with E-state index in [2.05, 4.69) is 31.3 Å². The normalized spacial score (nSPS) is 15.9. The molecule has 2 atom stereocenters. The van der Waals surface area contributed by atoms with E-state index in [1.165, 1.54) is 0 Å². The summed E-state index contributed by atoms with van der Waals surface area (Å²) in [5, 5.41) is 4.16. The summed E-state index contributed by atoms with van der Waals surface area (Å²) in [5.41, 5.74) is 4.05. The number of hydrazine groups is 1. The molecular formula is C12H24N4O. The molecule has 3 N–H and O–H groups in total. The van der Waals surface area contributed by atoms with E-state index >= 15 is 0 Å². The van der Waals surface area contributed by atoms with Gasteiger partial charge in [0.2, 0.25) is 0 Å². The van der Waals surface area contributed by atoms with Crippen LogP contribution in [0, 0.1) is 5.41 Å². The van der Waals surface area contributed by atoms with Crippen molar-refractivity contribution in [1.29, 1.82) is 0 Å². The van der Waals surface area contributed by atoms with Gasteiger partial charge in [-0.15, -0.1) is 0 Å². The molecule has 0 amide bonds. The first kappa shape index (κ1) is 14.2. The van der Waals surface area contributed by atoms with Crippen molar-refractivity contribution < 1.29 is 4.74 Å². The molecule has 0 spiro atoms. The average molecular weight is 240 g/mol. The van der Waals surface area contributed by atoms with E-state index in [1.54, 1.807) is 11.8 Å². The molecule has 0 saturated heterocycles. The fourth-order valence-electron chi connectivity index (χ4n) is 2.21. The van der Waals surface area contributed by atoms with Crippen LogP contribution in [0.25, 0.3) is 0 Å². The number of nitrogens with zero attached hydrogens (tertiary/aromatic N) is 2. The molecule has 1 rings (SSSR count).